The van der Waals surface area contributed by atoms with Crippen molar-refractivity contribution in [1.29, 1.82) is 0 Å². The number of hydrogen-bond acceptors (Lipinski definition) is 2. The maximum absolute atomic E-state index is 12.0. The van der Waals surface area contributed by atoms with Crippen LogP contribution < -0.4 is 0 Å². The highest BCUT2D eigenvalue weighted by molar-refractivity contribution is 6.35. The minimum Gasteiger partial charge on any atom is -0.180 e. The highest BCUT2D eigenvalue weighted by Gasteiger charge is 2.43. The number of rotatable bonds is 2. The predicted molar refractivity (Wildman–Crippen MR) is 32.9 cm³/mol. The van der Waals surface area contributed by atoms with E-state index in [4.69, 9.17) is 0 Å². The van der Waals surface area contributed by atoms with Gasteiger partial charge in [0.1, 0.15) is 0 Å². The van der Waals surface area contributed by atoms with Gasteiger partial charge in [0.15, 0.2) is 0 Å². The molecule has 0 rings (SSSR count). The summed E-state index contributed by atoms with van der Waals surface area (Å²) in [5.74, 6) is -2.17. The third-order valence-corrected chi connectivity index (χ3v) is 1.11. The Bertz CT molecular complexity index is 147. The first kappa shape index (κ1) is 10.3. The van der Waals surface area contributed by atoms with Crippen molar-refractivity contribution in [3.05, 3.63) is 0 Å². The molecule has 0 aromatic carbocycles. The number of nitrogens with zero attached hydrogens (tertiary/aromatic N) is 2. The summed E-state index contributed by atoms with van der Waals surface area (Å²) < 4.78 is 37.2. The van der Waals surface area contributed by atoms with Crippen LogP contribution in [0.5, 0.6) is 0 Å². The molecule has 0 N–H and O–H groups in total. The lowest BCUT2D eigenvalue weighted by Crippen LogP contribution is -2.34. The van der Waals surface area contributed by atoms with Crippen molar-refractivity contribution < 1.29 is 13.2 Å². The van der Waals surface area contributed by atoms with E-state index in [9.17, 15) is 13.2 Å². The minimum absolute atomic E-state index is 0.686. The Balaban J connectivity index is 4.40. The van der Waals surface area contributed by atoms with Crippen molar-refractivity contribution in [2.45, 2.75) is 6.05 Å². The van der Waals surface area contributed by atoms with Gasteiger partial charge in [0.2, 0.25) is 0 Å². The van der Waals surface area contributed by atoms with E-state index in [1.807, 2.05) is 4.51 Å². The van der Waals surface area contributed by atoms with E-state index in [0.717, 1.165) is 0 Å². The van der Waals surface area contributed by atoms with Crippen molar-refractivity contribution in [1.82, 2.24) is 3.94 Å². The molecular weight excluding hydrogens is 215 g/mol. The molecule has 0 amide bonds. The molecule has 0 aromatic rings. The monoisotopic (exact) mass is 214 g/mol. The highest BCUT2D eigenvalue weighted by atomic mass is 35.5. The zero-order valence-corrected chi connectivity index (χ0v) is 6.43. The summed E-state index contributed by atoms with van der Waals surface area (Å²) in [6.07, 6.45) is 0. The summed E-state index contributed by atoms with van der Waals surface area (Å²) in [6, 6.07) is -4.18. The normalized spacial score (nSPS) is 14.5. The van der Waals surface area contributed by atoms with Gasteiger partial charge in [-0.05, 0) is 0 Å². The molecule has 0 radical (unpaired) electrons. The predicted octanol–water partition coefficient (Wildman–Crippen LogP) is 2.71. The molecule has 0 saturated heterocycles. The second-order valence-electron chi connectivity index (χ2n) is 1.15. The van der Waals surface area contributed by atoms with Crippen LogP contribution in [-0.4, -0.2) is 15.9 Å². The van der Waals surface area contributed by atoms with Crippen molar-refractivity contribution in [3.8, 4) is 0 Å². The Morgan fingerprint density at radius 3 is 1.90 bits per heavy atom. The number of halogens is 6. The van der Waals surface area contributed by atoms with Gasteiger partial charge < -0.3 is 0 Å². The van der Waals surface area contributed by atoms with E-state index in [1.165, 1.54) is 0 Å². The fourth-order valence-electron chi connectivity index (χ4n) is 0.121. The molecule has 0 aliphatic rings. The van der Waals surface area contributed by atoms with E-state index in [0.29, 0.717) is 0 Å². The van der Waals surface area contributed by atoms with Crippen LogP contribution in [0.25, 0.3) is 0 Å². The Morgan fingerprint density at radius 1 is 1.40 bits per heavy atom. The fraction of sp³-hybridized carbons (Fsp3) is 0.500. The SMILES string of the molecule is F/C(=N\Cl)C(F)(F)N(Cl)Cl. The molecule has 60 valence electrons. The van der Waals surface area contributed by atoms with Crippen molar-refractivity contribution in [2.24, 2.45) is 4.51 Å². The quantitative estimate of drug-likeness (QED) is 0.393. The summed E-state index contributed by atoms with van der Waals surface area (Å²) in [5, 5.41) is 0. The molecule has 10 heavy (non-hydrogen) atoms. The zero-order chi connectivity index (χ0) is 8.36. The molecule has 0 unspecified atom stereocenters. The zero-order valence-electron chi connectivity index (χ0n) is 4.16. The van der Waals surface area contributed by atoms with Crippen LogP contribution in [0.3, 0.4) is 0 Å². The minimum atomic E-state index is -4.18. The van der Waals surface area contributed by atoms with Crippen LogP contribution >= 0.6 is 35.3 Å². The van der Waals surface area contributed by atoms with Gasteiger partial charge in [0.05, 0.1) is 0 Å². The standard InChI is InChI=1S/C2Cl3F3N2/c3-9-1(6)2(7,8)10(4)5/b9-1-. The Labute approximate surface area is 69.5 Å². The van der Waals surface area contributed by atoms with Gasteiger partial charge in [-0.2, -0.15) is 13.2 Å². The first-order valence-corrected chi connectivity index (χ1v) is 2.79. The molecule has 0 aromatic heterocycles. The fourth-order valence-corrected chi connectivity index (χ4v) is 0.362. The van der Waals surface area contributed by atoms with Gasteiger partial charge in [0, 0.05) is 35.3 Å². The molecule has 8 heteroatoms. The maximum Gasteiger partial charge on any atom is 0.401 e. The average molecular weight is 215 g/mol. The van der Waals surface area contributed by atoms with Crippen LogP contribution in [0.1, 0.15) is 0 Å². The molecule has 0 aliphatic carbocycles. The van der Waals surface area contributed by atoms with E-state index >= 15 is 0 Å². The highest BCUT2D eigenvalue weighted by Crippen LogP contribution is 2.26. The topological polar surface area (TPSA) is 15.6 Å². The summed E-state index contributed by atoms with van der Waals surface area (Å²) in [4.78, 5) is 0. The van der Waals surface area contributed by atoms with Gasteiger partial charge in [0.25, 0.3) is 5.97 Å². The number of alkyl halides is 2. The third kappa shape index (κ3) is 2.16. The first-order chi connectivity index (χ1) is 4.42. The lowest BCUT2D eigenvalue weighted by molar-refractivity contribution is 0.00145. The largest absolute Gasteiger partial charge is 0.401 e. The van der Waals surface area contributed by atoms with Crippen molar-refractivity contribution >= 4 is 41.3 Å². The summed E-state index contributed by atoms with van der Waals surface area (Å²) >= 11 is 13.4. The Hall–Kier alpha value is 0.290. The second kappa shape index (κ2) is 3.61. The van der Waals surface area contributed by atoms with Crippen molar-refractivity contribution in [2.75, 3.05) is 0 Å². The van der Waals surface area contributed by atoms with Gasteiger partial charge in [-0.25, -0.2) is 0 Å². The summed E-state index contributed by atoms with van der Waals surface area (Å²) in [6.45, 7) is 0. The van der Waals surface area contributed by atoms with Gasteiger partial charge in [-0.3, -0.25) is 0 Å². The van der Waals surface area contributed by atoms with Crippen LogP contribution in [0.15, 0.2) is 4.51 Å². The smallest absolute Gasteiger partial charge is 0.180 e. The number of hydrogen-bond donors (Lipinski definition) is 0. The summed E-state index contributed by atoms with van der Waals surface area (Å²) in [7, 11) is 0. The second-order valence-corrected chi connectivity index (χ2v) is 2.17. The van der Waals surface area contributed by atoms with Gasteiger partial charge >= 0.3 is 6.05 Å². The first-order valence-electron chi connectivity index (χ1n) is 1.77. The molecular formula is C2Cl3F3N2. The lowest BCUT2D eigenvalue weighted by atomic mass is 10.6. The molecule has 2 nitrogen and oxygen atoms in total. The Morgan fingerprint density at radius 2 is 1.80 bits per heavy atom. The van der Waals surface area contributed by atoms with E-state index in [1.54, 1.807) is 0 Å². The van der Waals surface area contributed by atoms with Gasteiger partial charge in [-0.15, -0.1) is 4.51 Å². The molecule has 0 fully saturated rings. The lowest BCUT2D eigenvalue weighted by Gasteiger charge is -2.13. The average Bonchev–Trinajstić information content (AvgIpc) is 1.86. The van der Waals surface area contributed by atoms with E-state index < -0.39 is 15.9 Å². The van der Waals surface area contributed by atoms with Crippen LogP contribution in [0, 0.1) is 0 Å². The molecule has 0 bridgehead atoms. The molecule has 0 heterocycles. The van der Waals surface area contributed by atoms with Crippen LogP contribution in [0.2, 0.25) is 0 Å². The van der Waals surface area contributed by atoms with Crippen LogP contribution in [0.4, 0.5) is 13.2 Å². The molecule has 0 aliphatic heterocycles. The third-order valence-electron chi connectivity index (χ3n) is 0.535. The van der Waals surface area contributed by atoms with E-state index in [-0.39, 0.29) is 0 Å². The van der Waals surface area contributed by atoms with Crippen molar-refractivity contribution in [3.63, 3.8) is 0 Å². The van der Waals surface area contributed by atoms with Crippen LogP contribution in [-0.2, 0) is 0 Å². The molecule has 0 saturated carbocycles. The summed E-state index contributed by atoms with van der Waals surface area (Å²) in [5.41, 5.74) is 0. The van der Waals surface area contributed by atoms with E-state index in [2.05, 4.69) is 35.3 Å². The van der Waals surface area contributed by atoms with Gasteiger partial charge in [-0.1, -0.05) is 3.94 Å². The molecule has 0 spiro atoms. The Kier molecular flexibility index (Phi) is 3.72. The molecule has 0 atom stereocenters. The maximum atomic E-state index is 12.0.